The fourth-order valence-electron chi connectivity index (χ4n) is 3.69. The molecule has 1 fully saturated rings. The first-order valence-electron chi connectivity index (χ1n) is 10.1. The Balaban J connectivity index is 1.60. The van der Waals surface area contributed by atoms with Crippen LogP contribution in [0.5, 0.6) is 0 Å². The Morgan fingerprint density at radius 1 is 1.20 bits per heavy atom. The smallest absolute Gasteiger partial charge is 0.258 e. The first kappa shape index (κ1) is 20.1. The van der Waals surface area contributed by atoms with Crippen LogP contribution in [0.25, 0.3) is 0 Å². The minimum atomic E-state index is -0.909. The number of hydrogen-bond donors (Lipinski definition) is 3. The maximum atomic E-state index is 12.9. The monoisotopic (exact) mass is 411 g/mol. The molecular formula is C21H25N5O4. The quantitative estimate of drug-likeness (QED) is 0.706. The van der Waals surface area contributed by atoms with Crippen LogP contribution in [0.15, 0.2) is 29.1 Å². The summed E-state index contributed by atoms with van der Waals surface area (Å²) >= 11 is 0. The Morgan fingerprint density at radius 2 is 1.90 bits per heavy atom. The van der Waals surface area contributed by atoms with Gasteiger partial charge in [0.15, 0.2) is 0 Å². The first-order chi connectivity index (χ1) is 14.4. The number of carbonyl (C=O) groups excluding carboxylic acids is 2. The highest BCUT2D eigenvalue weighted by atomic mass is 16.5. The summed E-state index contributed by atoms with van der Waals surface area (Å²) in [7, 11) is 0. The number of amides is 2. The minimum absolute atomic E-state index is 0.107. The van der Waals surface area contributed by atoms with Gasteiger partial charge in [-0.3, -0.25) is 19.4 Å². The summed E-state index contributed by atoms with van der Waals surface area (Å²) in [5, 5.41) is 5.46. The van der Waals surface area contributed by atoms with Crippen molar-refractivity contribution < 1.29 is 14.3 Å². The molecule has 0 unspecified atom stereocenters. The zero-order chi connectivity index (χ0) is 21.3. The van der Waals surface area contributed by atoms with Crippen LogP contribution < -0.4 is 21.1 Å². The van der Waals surface area contributed by atoms with E-state index in [1.165, 1.54) is 0 Å². The molecule has 1 saturated heterocycles. The maximum Gasteiger partial charge on any atom is 0.258 e. The predicted octanol–water partition coefficient (Wildman–Crippen LogP) is 1.79. The lowest BCUT2D eigenvalue weighted by Gasteiger charge is -2.29. The normalized spacial score (nSPS) is 18.7. The van der Waals surface area contributed by atoms with Gasteiger partial charge in [0, 0.05) is 25.2 Å². The van der Waals surface area contributed by atoms with E-state index in [9.17, 15) is 14.4 Å². The predicted molar refractivity (Wildman–Crippen MR) is 113 cm³/mol. The molecule has 9 nitrogen and oxygen atoms in total. The van der Waals surface area contributed by atoms with Gasteiger partial charge in [0.25, 0.3) is 5.56 Å². The molecule has 9 heteroatoms. The number of rotatable bonds is 4. The van der Waals surface area contributed by atoms with Crippen LogP contribution in [0, 0.1) is 0 Å². The summed E-state index contributed by atoms with van der Waals surface area (Å²) in [6.07, 6.45) is -0.107. The molecule has 2 aliphatic rings. The van der Waals surface area contributed by atoms with E-state index < -0.39 is 17.4 Å². The Bertz CT molecular complexity index is 1010. The number of aromatic amines is 1. The van der Waals surface area contributed by atoms with Crippen molar-refractivity contribution in [2.75, 3.05) is 41.8 Å². The van der Waals surface area contributed by atoms with Gasteiger partial charge in [-0.05, 0) is 23.6 Å². The van der Waals surface area contributed by atoms with E-state index in [4.69, 9.17) is 4.74 Å². The molecule has 0 saturated carbocycles. The molecule has 4 rings (SSSR count). The van der Waals surface area contributed by atoms with Gasteiger partial charge >= 0.3 is 0 Å². The van der Waals surface area contributed by atoms with Crippen LogP contribution in [0.3, 0.4) is 0 Å². The highest BCUT2D eigenvalue weighted by Crippen LogP contribution is 2.30. The molecule has 0 spiro atoms. The van der Waals surface area contributed by atoms with Gasteiger partial charge in [0.05, 0.1) is 24.7 Å². The molecule has 0 radical (unpaired) electrons. The van der Waals surface area contributed by atoms with E-state index in [0.29, 0.717) is 43.9 Å². The summed E-state index contributed by atoms with van der Waals surface area (Å²) in [5.41, 5.74) is 1.54. The van der Waals surface area contributed by atoms with Gasteiger partial charge in [-0.15, -0.1) is 0 Å². The second-order valence-electron chi connectivity index (χ2n) is 7.82. The van der Waals surface area contributed by atoms with E-state index in [2.05, 4.69) is 34.4 Å². The first-order valence-corrected chi connectivity index (χ1v) is 10.1. The SMILES string of the molecule is CC(C)c1ccc(NC(=O)[C@H]2CC(=O)Nc3nc(N4CCOCC4)[nH]c(=O)c32)cc1. The van der Waals surface area contributed by atoms with Crippen molar-refractivity contribution in [2.24, 2.45) is 0 Å². The fourth-order valence-corrected chi connectivity index (χ4v) is 3.69. The topological polar surface area (TPSA) is 116 Å². The largest absolute Gasteiger partial charge is 0.378 e. The van der Waals surface area contributed by atoms with E-state index in [0.717, 1.165) is 5.56 Å². The number of nitrogens with one attached hydrogen (secondary N) is 3. The molecular weight excluding hydrogens is 386 g/mol. The van der Waals surface area contributed by atoms with Crippen molar-refractivity contribution in [3.8, 4) is 0 Å². The molecule has 2 aliphatic heterocycles. The number of aromatic nitrogens is 2. The number of benzene rings is 1. The van der Waals surface area contributed by atoms with E-state index in [1.54, 1.807) is 0 Å². The van der Waals surface area contributed by atoms with E-state index in [1.807, 2.05) is 29.2 Å². The van der Waals surface area contributed by atoms with Crippen LogP contribution in [-0.2, 0) is 14.3 Å². The number of H-pyrrole nitrogens is 1. The molecule has 0 aliphatic carbocycles. The van der Waals surface area contributed by atoms with Crippen molar-refractivity contribution >= 4 is 29.3 Å². The van der Waals surface area contributed by atoms with Crippen LogP contribution in [0.2, 0.25) is 0 Å². The maximum absolute atomic E-state index is 12.9. The number of morpholine rings is 1. The van der Waals surface area contributed by atoms with Crippen molar-refractivity contribution in [2.45, 2.75) is 32.1 Å². The molecule has 0 bridgehead atoms. The van der Waals surface area contributed by atoms with Crippen molar-refractivity contribution in [1.82, 2.24) is 9.97 Å². The van der Waals surface area contributed by atoms with Gasteiger partial charge in [-0.2, -0.15) is 4.98 Å². The molecule has 3 heterocycles. The highest BCUT2D eigenvalue weighted by molar-refractivity contribution is 6.04. The highest BCUT2D eigenvalue weighted by Gasteiger charge is 2.35. The van der Waals surface area contributed by atoms with Gasteiger partial charge in [0.2, 0.25) is 17.8 Å². The van der Waals surface area contributed by atoms with Crippen molar-refractivity contribution in [1.29, 1.82) is 0 Å². The van der Waals surface area contributed by atoms with Crippen LogP contribution in [0.4, 0.5) is 17.5 Å². The molecule has 2 aromatic rings. The summed E-state index contributed by atoms with van der Waals surface area (Å²) in [6.45, 7) is 6.44. The van der Waals surface area contributed by atoms with Crippen molar-refractivity contribution in [3.05, 3.63) is 45.7 Å². The lowest BCUT2D eigenvalue weighted by Crippen LogP contribution is -2.41. The summed E-state index contributed by atoms with van der Waals surface area (Å²) in [4.78, 5) is 47.1. The summed E-state index contributed by atoms with van der Waals surface area (Å²) in [6, 6.07) is 7.54. The van der Waals surface area contributed by atoms with Gasteiger partial charge in [-0.1, -0.05) is 26.0 Å². The lowest BCUT2D eigenvalue weighted by atomic mass is 9.92. The zero-order valence-electron chi connectivity index (χ0n) is 17.0. The molecule has 1 atom stereocenters. The summed E-state index contributed by atoms with van der Waals surface area (Å²) in [5.74, 6) is -0.763. The molecule has 2 amide bonds. The Hall–Kier alpha value is -3.20. The molecule has 30 heavy (non-hydrogen) atoms. The summed E-state index contributed by atoms with van der Waals surface area (Å²) < 4.78 is 5.32. The molecule has 158 valence electrons. The fraction of sp³-hybridized carbons (Fsp3) is 0.429. The van der Waals surface area contributed by atoms with Crippen LogP contribution >= 0.6 is 0 Å². The van der Waals surface area contributed by atoms with Crippen LogP contribution in [-0.4, -0.2) is 48.1 Å². The lowest BCUT2D eigenvalue weighted by molar-refractivity contribution is -0.123. The number of nitrogens with zero attached hydrogens (tertiary/aromatic N) is 2. The molecule has 1 aromatic heterocycles. The van der Waals surface area contributed by atoms with E-state index in [-0.39, 0.29) is 23.7 Å². The van der Waals surface area contributed by atoms with Gasteiger partial charge in [-0.25, -0.2) is 0 Å². The second-order valence-corrected chi connectivity index (χ2v) is 7.82. The number of hydrogen-bond acceptors (Lipinski definition) is 6. The van der Waals surface area contributed by atoms with E-state index >= 15 is 0 Å². The number of ether oxygens (including phenoxy) is 1. The van der Waals surface area contributed by atoms with Gasteiger partial charge < -0.3 is 20.3 Å². The standard InChI is InChI=1S/C21H25N5O4/c1-12(2)13-3-5-14(6-4-13)22-19(28)15-11-16(27)23-18-17(15)20(29)25-21(24-18)26-7-9-30-10-8-26/h3-6,12,15H,7-11H2,1-2H3,(H,22,28)(H2,23,24,25,27,29)/t15-/m0/s1. The average Bonchev–Trinajstić information content (AvgIpc) is 2.73. The molecule has 3 N–H and O–H groups in total. The number of fused-ring (bicyclic) bond motifs is 1. The second kappa shape index (κ2) is 8.27. The molecule has 1 aromatic carbocycles. The Morgan fingerprint density at radius 3 is 2.57 bits per heavy atom. The zero-order valence-corrected chi connectivity index (χ0v) is 17.0. The minimum Gasteiger partial charge on any atom is -0.378 e. The van der Waals surface area contributed by atoms with Crippen molar-refractivity contribution in [3.63, 3.8) is 0 Å². The Kier molecular flexibility index (Phi) is 5.54. The van der Waals surface area contributed by atoms with Gasteiger partial charge in [0.1, 0.15) is 5.82 Å². The third-order valence-corrected chi connectivity index (χ3v) is 5.41. The third kappa shape index (κ3) is 4.06. The number of carbonyl (C=O) groups is 2. The van der Waals surface area contributed by atoms with Crippen LogP contribution in [0.1, 0.15) is 43.2 Å². The number of anilines is 3. The third-order valence-electron chi connectivity index (χ3n) is 5.41. The average molecular weight is 411 g/mol. The Labute approximate surface area is 173 Å².